The van der Waals surface area contributed by atoms with Crippen LogP contribution in [0.4, 0.5) is 5.69 Å². The van der Waals surface area contributed by atoms with Gasteiger partial charge in [-0.2, -0.15) is 0 Å². The van der Waals surface area contributed by atoms with E-state index in [9.17, 15) is 14.4 Å². The Bertz CT molecular complexity index is 1370. The van der Waals surface area contributed by atoms with Gasteiger partial charge >= 0.3 is 5.69 Å². The Labute approximate surface area is 186 Å². The van der Waals surface area contributed by atoms with Gasteiger partial charge in [0.2, 0.25) is 5.91 Å². The standard InChI is InChI=1S/C24H20BrN3O3/c1-2-16-8-11-18(12-9-16)26-22(29)15-27-21-13-10-17(25)14-20(21)23(30)28(24(27)31)19-6-4-3-5-7-19/h3-14H,2,15H2,1H3,(H,26,29). The Balaban J connectivity index is 1.80. The van der Waals surface area contributed by atoms with E-state index in [0.717, 1.165) is 11.0 Å². The maximum absolute atomic E-state index is 13.3. The predicted octanol–water partition coefficient (Wildman–Crippen LogP) is 4.12. The quantitative estimate of drug-likeness (QED) is 0.469. The van der Waals surface area contributed by atoms with E-state index in [1.165, 1.54) is 10.1 Å². The highest BCUT2D eigenvalue weighted by molar-refractivity contribution is 9.10. The molecule has 0 unspecified atom stereocenters. The Hall–Kier alpha value is -3.45. The van der Waals surface area contributed by atoms with Crippen LogP contribution in [0.3, 0.4) is 0 Å². The van der Waals surface area contributed by atoms with Gasteiger partial charge in [0.1, 0.15) is 6.54 Å². The molecule has 7 heteroatoms. The summed E-state index contributed by atoms with van der Waals surface area (Å²) in [5.41, 5.74) is 1.67. The molecule has 0 bridgehead atoms. The first-order valence-corrected chi connectivity index (χ1v) is 10.7. The molecule has 0 aliphatic rings. The zero-order valence-electron chi connectivity index (χ0n) is 16.8. The number of halogens is 1. The van der Waals surface area contributed by atoms with Crippen molar-refractivity contribution in [2.24, 2.45) is 0 Å². The molecular weight excluding hydrogens is 458 g/mol. The molecule has 1 heterocycles. The number of nitrogens with one attached hydrogen (secondary N) is 1. The third kappa shape index (κ3) is 4.22. The predicted molar refractivity (Wildman–Crippen MR) is 126 cm³/mol. The van der Waals surface area contributed by atoms with Gasteiger partial charge in [0, 0.05) is 10.2 Å². The summed E-state index contributed by atoms with van der Waals surface area (Å²) in [7, 11) is 0. The van der Waals surface area contributed by atoms with Crippen LogP contribution in [-0.4, -0.2) is 15.0 Å². The van der Waals surface area contributed by atoms with Crippen molar-refractivity contribution in [2.45, 2.75) is 19.9 Å². The molecule has 0 saturated carbocycles. The third-order valence-electron chi connectivity index (χ3n) is 5.07. The number of hydrogen-bond acceptors (Lipinski definition) is 3. The summed E-state index contributed by atoms with van der Waals surface area (Å²) in [4.78, 5) is 39.2. The first-order valence-electron chi connectivity index (χ1n) is 9.87. The fourth-order valence-electron chi connectivity index (χ4n) is 3.47. The fraction of sp³-hybridized carbons (Fsp3) is 0.125. The summed E-state index contributed by atoms with van der Waals surface area (Å²) < 4.78 is 3.13. The molecule has 31 heavy (non-hydrogen) atoms. The van der Waals surface area contributed by atoms with Crippen LogP contribution in [0.5, 0.6) is 0 Å². The van der Waals surface area contributed by atoms with Crippen molar-refractivity contribution in [3.8, 4) is 5.69 Å². The molecule has 1 N–H and O–H groups in total. The van der Waals surface area contributed by atoms with Gasteiger partial charge in [-0.25, -0.2) is 9.36 Å². The number of nitrogens with zero attached hydrogens (tertiary/aromatic N) is 2. The van der Waals surface area contributed by atoms with Gasteiger partial charge in [0.05, 0.1) is 16.6 Å². The number of hydrogen-bond donors (Lipinski definition) is 1. The largest absolute Gasteiger partial charge is 0.336 e. The van der Waals surface area contributed by atoms with Crippen molar-refractivity contribution < 1.29 is 4.79 Å². The van der Waals surface area contributed by atoms with Crippen molar-refractivity contribution in [3.63, 3.8) is 0 Å². The normalized spacial score (nSPS) is 10.9. The number of para-hydroxylation sites is 1. The highest BCUT2D eigenvalue weighted by Crippen LogP contribution is 2.17. The maximum atomic E-state index is 13.3. The minimum absolute atomic E-state index is 0.223. The number of benzene rings is 3. The van der Waals surface area contributed by atoms with Gasteiger partial charge in [0.25, 0.3) is 5.56 Å². The Morgan fingerprint density at radius 1 is 0.968 bits per heavy atom. The van der Waals surface area contributed by atoms with Crippen molar-refractivity contribution in [2.75, 3.05) is 5.32 Å². The van der Waals surface area contributed by atoms with Crippen molar-refractivity contribution in [3.05, 3.63) is 104 Å². The summed E-state index contributed by atoms with van der Waals surface area (Å²) in [6.45, 7) is 1.84. The maximum Gasteiger partial charge on any atom is 0.336 e. The molecule has 3 aromatic carbocycles. The number of anilines is 1. The van der Waals surface area contributed by atoms with Crippen LogP contribution in [0, 0.1) is 0 Å². The third-order valence-corrected chi connectivity index (χ3v) is 5.56. The molecule has 4 rings (SSSR count). The molecule has 1 amide bonds. The van der Waals surface area contributed by atoms with E-state index in [1.54, 1.807) is 42.5 Å². The fourth-order valence-corrected chi connectivity index (χ4v) is 3.83. The molecule has 4 aromatic rings. The molecule has 0 radical (unpaired) electrons. The average Bonchev–Trinajstić information content (AvgIpc) is 2.78. The second-order valence-electron chi connectivity index (χ2n) is 7.10. The van der Waals surface area contributed by atoms with Gasteiger partial charge < -0.3 is 5.32 Å². The van der Waals surface area contributed by atoms with Crippen LogP contribution in [-0.2, 0) is 17.8 Å². The van der Waals surface area contributed by atoms with E-state index in [1.807, 2.05) is 30.3 Å². The van der Waals surface area contributed by atoms with E-state index in [2.05, 4.69) is 28.2 Å². The van der Waals surface area contributed by atoms with Gasteiger partial charge in [-0.05, 0) is 54.4 Å². The number of carbonyl (C=O) groups excluding carboxylic acids is 1. The molecule has 0 aliphatic carbocycles. The first-order chi connectivity index (χ1) is 15.0. The summed E-state index contributed by atoms with van der Waals surface area (Å²) in [5.74, 6) is -0.353. The van der Waals surface area contributed by atoms with Gasteiger partial charge in [-0.1, -0.05) is 53.2 Å². The van der Waals surface area contributed by atoms with Crippen LogP contribution < -0.4 is 16.6 Å². The summed E-state index contributed by atoms with van der Waals surface area (Å²) in [5, 5.41) is 3.17. The lowest BCUT2D eigenvalue weighted by atomic mass is 10.1. The molecule has 6 nitrogen and oxygen atoms in total. The molecular formula is C24H20BrN3O3. The minimum Gasteiger partial charge on any atom is -0.325 e. The van der Waals surface area contributed by atoms with E-state index < -0.39 is 11.2 Å². The number of aromatic nitrogens is 2. The molecule has 0 aliphatic heterocycles. The second-order valence-corrected chi connectivity index (χ2v) is 8.02. The summed E-state index contributed by atoms with van der Waals surface area (Å²) in [6, 6.07) is 21.3. The lowest BCUT2D eigenvalue weighted by Crippen LogP contribution is -2.40. The topological polar surface area (TPSA) is 73.1 Å². The molecule has 0 fully saturated rings. The highest BCUT2D eigenvalue weighted by atomic mass is 79.9. The zero-order chi connectivity index (χ0) is 22.0. The average molecular weight is 478 g/mol. The SMILES string of the molecule is CCc1ccc(NC(=O)Cn2c(=O)n(-c3ccccc3)c(=O)c3cc(Br)ccc32)cc1. The van der Waals surface area contributed by atoms with Crippen molar-refractivity contribution >= 4 is 38.4 Å². The van der Waals surface area contributed by atoms with Crippen molar-refractivity contribution in [1.82, 2.24) is 9.13 Å². The second kappa shape index (κ2) is 8.73. The lowest BCUT2D eigenvalue weighted by Gasteiger charge is -2.14. The van der Waals surface area contributed by atoms with Crippen LogP contribution in [0.1, 0.15) is 12.5 Å². The molecule has 0 atom stereocenters. The minimum atomic E-state index is -0.567. The zero-order valence-corrected chi connectivity index (χ0v) is 18.4. The van der Waals surface area contributed by atoms with Gasteiger partial charge in [0.15, 0.2) is 0 Å². The molecule has 1 aromatic heterocycles. The number of fused-ring (bicyclic) bond motifs is 1. The number of rotatable bonds is 5. The molecule has 0 saturated heterocycles. The monoisotopic (exact) mass is 477 g/mol. The summed E-state index contributed by atoms with van der Waals surface area (Å²) in [6.07, 6.45) is 0.909. The van der Waals surface area contributed by atoms with Crippen LogP contribution in [0.25, 0.3) is 16.6 Å². The van der Waals surface area contributed by atoms with Gasteiger partial charge in [-0.3, -0.25) is 14.2 Å². The number of aryl methyl sites for hydroxylation is 1. The first kappa shape index (κ1) is 20.8. The molecule has 156 valence electrons. The van der Waals surface area contributed by atoms with E-state index in [-0.39, 0.29) is 12.5 Å². The smallest absolute Gasteiger partial charge is 0.325 e. The van der Waals surface area contributed by atoms with E-state index in [0.29, 0.717) is 26.8 Å². The Morgan fingerprint density at radius 3 is 2.35 bits per heavy atom. The molecule has 0 spiro atoms. The van der Waals surface area contributed by atoms with E-state index >= 15 is 0 Å². The Kier molecular flexibility index (Phi) is 5.86. The van der Waals surface area contributed by atoms with Gasteiger partial charge in [-0.15, -0.1) is 0 Å². The van der Waals surface area contributed by atoms with E-state index in [4.69, 9.17) is 0 Å². The Morgan fingerprint density at radius 2 is 1.68 bits per heavy atom. The number of amides is 1. The van der Waals surface area contributed by atoms with Crippen LogP contribution in [0.2, 0.25) is 0 Å². The highest BCUT2D eigenvalue weighted by Gasteiger charge is 2.17. The van der Waals surface area contributed by atoms with Crippen LogP contribution >= 0.6 is 15.9 Å². The lowest BCUT2D eigenvalue weighted by molar-refractivity contribution is -0.116. The van der Waals surface area contributed by atoms with Crippen molar-refractivity contribution in [1.29, 1.82) is 0 Å². The van der Waals surface area contributed by atoms with Crippen LogP contribution in [0.15, 0.2) is 86.9 Å². The summed E-state index contributed by atoms with van der Waals surface area (Å²) >= 11 is 3.38. The number of carbonyl (C=O) groups is 1.